The van der Waals surface area contributed by atoms with Gasteiger partial charge in [-0.05, 0) is 25.0 Å². The number of nitrogens with one attached hydrogen (secondary N) is 1. The van der Waals surface area contributed by atoms with Gasteiger partial charge in [0.2, 0.25) is 5.91 Å². The molecule has 0 saturated carbocycles. The summed E-state index contributed by atoms with van der Waals surface area (Å²) >= 11 is 0. The minimum Gasteiger partial charge on any atom is -0.374 e. The van der Waals surface area contributed by atoms with Crippen LogP contribution in [-0.4, -0.2) is 30.9 Å². The second kappa shape index (κ2) is 5.54. The Morgan fingerprint density at radius 1 is 1.38 bits per heavy atom. The van der Waals surface area contributed by atoms with Crippen LogP contribution in [0.1, 0.15) is 19.4 Å². The quantitative estimate of drug-likeness (QED) is 0.843. The van der Waals surface area contributed by atoms with Gasteiger partial charge in [-0.1, -0.05) is 25.1 Å². The third kappa shape index (κ3) is 2.99. The highest BCUT2D eigenvalue weighted by Gasteiger charge is 2.14. The molecule has 1 aromatic carbocycles. The third-order valence-corrected chi connectivity index (χ3v) is 2.58. The Labute approximate surface area is 97.5 Å². The highest BCUT2D eigenvalue weighted by molar-refractivity contribution is 5.84. The monoisotopic (exact) mass is 220 g/mol. The number of hydrogen-bond acceptors (Lipinski definition) is 2. The Hall–Kier alpha value is -1.51. The zero-order valence-electron chi connectivity index (χ0n) is 10.4. The van der Waals surface area contributed by atoms with E-state index in [4.69, 9.17) is 0 Å². The number of rotatable bonds is 4. The van der Waals surface area contributed by atoms with Crippen LogP contribution in [0.5, 0.6) is 0 Å². The number of carbonyl (C=O) groups is 1. The predicted octanol–water partition coefficient (Wildman–Crippen LogP) is 2.14. The number of aryl methyl sites for hydroxylation is 1. The molecule has 0 radical (unpaired) electrons. The highest BCUT2D eigenvalue weighted by Crippen LogP contribution is 2.16. The van der Waals surface area contributed by atoms with Gasteiger partial charge in [0.1, 0.15) is 6.04 Å². The molecule has 88 valence electrons. The van der Waals surface area contributed by atoms with E-state index in [1.807, 2.05) is 25.1 Å². The van der Waals surface area contributed by atoms with Crippen molar-refractivity contribution < 1.29 is 4.79 Å². The Morgan fingerprint density at radius 3 is 2.56 bits per heavy atom. The van der Waals surface area contributed by atoms with Gasteiger partial charge in [-0.25, -0.2) is 0 Å². The number of amides is 1. The summed E-state index contributed by atoms with van der Waals surface area (Å²) in [5, 5.41) is 3.25. The maximum atomic E-state index is 11.7. The Morgan fingerprint density at radius 2 is 2.00 bits per heavy atom. The Balaban J connectivity index is 2.76. The van der Waals surface area contributed by atoms with Crippen molar-refractivity contribution in [1.29, 1.82) is 0 Å². The molecule has 0 saturated heterocycles. The first-order chi connectivity index (χ1) is 7.56. The molecule has 3 heteroatoms. The molecular weight excluding hydrogens is 200 g/mol. The summed E-state index contributed by atoms with van der Waals surface area (Å²) in [7, 11) is 3.54. The van der Waals surface area contributed by atoms with Crippen molar-refractivity contribution in [3.63, 3.8) is 0 Å². The van der Waals surface area contributed by atoms with Crippen molar-refractivity contribution in [2.75, 3.05) is 19.4 Å². The summed E-state index contributed by atoms with van der Waals surface area (Å²) in [6, 6.07) is 7.90. The van der Waals surface area contributed by atoms with Gasteiger partial charge in [0.25, 0.3) is 0 Å². The molecule has 0 aliphatic rings. The Bertz CT molecular complexity index is 361. The summed E-state index contributed by atoms with van der Waals surface area (Å²) < 4.78 is 0. The van der Waals surface area contributed by atoms with Crippen molar-refractivity contribution in [1.82, 2.24) is 4.90 Å². The summed E-state index contributed by atoms with van der Waals surface area (Å²) in [5.74, 6) is 0.0888. The molecule has 0 aliphatic carbocycles. The maximum absolute atomic E-state index is 11.7. The van der Waals surface area contributed by atoms with E-state index >= 15 is 0 Å². The molecule has 0 aliphatic heterocycles. The van der Waals surface area contributed by atoms with E-state index in [-0.39, 0.29) is 11.9 Å². The number of nitrogens with zero attached hydrogens (tertiary/aromatic N) is 1. The predicted molar refractivity (Wildman–Crippen MR) is 67.6 cm³/mol. The van der Waals surface area contributed by atoms with Gasteiger partial charge in [-0.2, -0.15) is 0 Å². The fraction of sp³-hybridized carbons (Fsp3) is 0.462. The highest BCUT2D eigenvalue weighted by atomic mass is 16.2. The lowest BCUT2D eigenvalue weighted by Crippen LogP contribution is -2.36. The van der Waals surface area contributed by atoms with Crippen molar-refractivity contribution in [2.45, 2.75) is 26.3 Å². The molecular formula is C13H20N2O. The lowest BCUT2D eigenvalue weighted by Gasteiger charge is -2.20. The molecule has 0 aromatic heterocycles. The summed E-state index contributed by atoms with van der Waals surface area (Å²) in [6.45, 7) is 3.99. The van der Waals surface area contributed by atoms with Crippen molar-refractivity contribution >= 4 is 11.6 Å². The average Bonchev–Trinajstić information content (AvgIpc) is 2.28. The van der Waals surface area contributed by atoms with Crippen LogP contribution >= 0.6 is 0 Å². The number of para-hydroxylation sites is 1. The number of carbonyl (C=O) groups excluding carboxylic acids is 1. The zero-order valence-corrected chi connectivity index (χ0v) is 10.4. The van der Waals surface area contributed by atoms with Crippen LogP contribution in [0.3, 0.4) is 0 Å². The molecule has 1 N–H and O–H groups in total. The zero-order chi connectivity index (χ0) is 12.1. The van der Waals surface area contributed by atoms with Crippen LogP contribution in [0, 0.1) is 0 Å². The Kier molecular flexibility index (Phi) is 4.35. The molecule has 1 amide bonds. The summed E-state index contributed by atoms with van der Waals surface area (Å²) in [4.78, 5) is 13.3. The van der Waals surface area contributed by atoms with Crippen LogP contribution < -0.4 is 5.32 Å². The van der Waals surface area contributed by atoms with Gasteiger partial charge in [0, 0.05) is 19.8 Å². The molecule has 1 unspecified atom stereocenters. The summed E-state index contributed by atoms with van der Waals surface area (Å²) in [6.07, 6.45) is 0.964. The first kappa shape index (κ1) is 12.6. The van der Waals surface area contributed by atoms with Crippen LogP contribution in [-0.2, 0) is 11.2 Å². The van der Waals surface area contributed by atoms with Gasteiger partial charge in [0.05, 0.1) is 0 Å². The van der Waals surface area contributed by atoms with Crippen LogP contribution in [0.15, 0.2) is 24.3 Å². The molecule has 16 heavy (non-hydrogen) atoms. The first-order valence-electron chi connectivity index (χ1n) is 5.61. The first-order valence-corrected chi connectivity index (χ1v) is 5.61. The van der Waals surface area contributed by atoms with Crippen molar-refractivity contribution in [3.8, 4) is 0 Å². The van der Waals surface area contributed by atoms with Gasteiger partial charge >= 0.3 is 0 Å². The molecule has 0 fully saturated rings. The van der Waals surface area contributed by atoms with E-state index in [0.29, 0.717) is 0 Å². The van der Waals surface area contributed by atoms with Gasteiger partial charge < -0.3 is 10.2 Å². The van der Waals surface area contributed by atoms with Crippen molar-refractivity contribution in [3.05, 3.63) is 29.8 Å². The van der Waals surface area contributed by atoms with Crippen LogP contribution in [0.4, 0.5) is 5.69 Å². The largest absolute Gasteiger partial charge is 0.374 e. The molecule has 1 rings (SSSR count). The molecule has 0 bridgehead atoms. The topological polar surface area (TPSA) is 32.3 Å². The molecule has 0 heterocycles. The minimum atomic E-state index is -0.192. The van der Waals surface area contributed by atoms with E-state index in [0.717, 1.165) is 12.1 Å². The third-order valence-electron chi connectivity index (χ3n) is 2.58. The lowest BCUT2D eigenvalue weighted by molar-refractivity contribution is -0.129. The average molecular weight is 220 g/mol. The fourth-order valence-corrected chi connectivity index (χ4v) is 1.65. The van der Waals surface area contributed by atoms with Crippen LogP contribution in [0.25, 0.3) is 0 Å². The molecule has 1 atom stereocenters. The van der Waals surface area contributed by atoms with E-state index < -0.39 is 0 Å². The van der Waals surface area contributed by atoms with Gasteiger partial charge in [0.15, 0.2) is 0 Å². The molecule has 1 aromatic rings. The number of benzene rings is 1. The van der Waals surface area contributed by atoms with Crippen LogP contribution in [0.2, 0.25) is 0 Å². The number of likely N-dealkylation sites (N-methyl/N-ethyl adjacent to an activating group) is 1. The van der Waals surface area contributed by atoms with E-state index in [2.05, 4.69) is 18.3 Å². The SMILES string of the molecule is CCc1ccccc1NC(C)C(=O)N(C)C. The molecule has 3 nitrogen and oxygen atoms in total. The number of hydrogen-bond donors (Lipinski definition) is 1. The fourth-order valence-electron chi connectivity index (χ4n) is 1.65. The normalized spacial score (nSPS) is 12.0. The second-order valence-corrected chi connectivity index (χ2v) is 4.11. The standard InChI is InChI=1S/C13H20N2O/c1-5-11-8-6-7-9-12(11)14-10(2)13(16)15(3)4/h6-10,14H,5H2,1-4H3. The molecule has 0 spiro atoms. The minimum absolute atomic E-state index is 0.0888. The van der Waals surface area contributed by atoms with Crippen molar-refractivity contribution in [2.24, 2.45) is 0 Å². The second-order valence-electron chi connectivity index (χ2n) is 4.11. The van der Waals surface area contributed by atoms with E-state index in [1.54, 1.807) is 19.0 Å². The summed E-state index contributed by atoms with van der Waals surface area (Å²) in [5.41, 5.74) is 2.29. The van der Waals surface area contributed by atoms with Gasteiger partial charge in [-0.15, -0.1) is 0 Å². The maximum Gasteiger partial charge on any atom is 0.244 e. The van der Waals surface area contributed by atoms with E-state index in [9.17, 15) is 4.79 Å². The van der Waals surface area contributed by atoms with E-state index in [1.165, 1.54) is 5.56 Å². The lowest BCUT2D eigenvalue weighted by atomic mass is 10.1. The number of anilines is 1. The smallest absolute Gasteiger partial charge is 0.244 e. The van der Waals surface area contributed by atoms with Gasteiger partial charge in [-0.3, -0.25) is 4.79 Å².